The molecular formula is C9H11ClIN3. The van der Waals surface area contributed by atoms with E-state index >= 15 is 0 Å². The first-order chi connectivity index (χ1) is 6.31. The predicted molar refractivity (Wildman–Crippen MR) is 68.8 cm³/mol. The van der Waals surface area contributed by atoms with E-state index in [-0.39, 0.29) is 12.4 Å². The first-order valence-electron chi connectivity index (χ1n) is 4.12. The van der Waals surface area contributed by atoms with Gasteiger partial charge in [-0.05, 0) is 40.8 Å². The highest BCUT2D eigenvalue weighted by Gasteiger charge is 2.00. The molecule has 0 atom stereocenters. The van der Waals surface area contributed by atoms with Crippen LogP contribution in [0.25, 0.3) is 10.9 Å². The lowest BCUT2D eigenvalue weighted by Gasteiger charge is -1.99. The van der Waals surface area contributed by atoms with Gasteiger partial charge in [0.2, 0.25) is 0 Å². The zero-order valence-corrected chi connectivity index (χ0v) is 10.5. The van der Waals surface area contributed by atoms with E-state index in [2.05, 4.69) is 45.9 Å². The maximum atomic E-state index is 5.48. The fourth-order valence-electron chi connectivity index (χ4n) is 1.36. The highest BCUT2D eigenvalue weighted by atomic mass is 127. The Hall–Kier alpha value is -0.330. The Bertz CT molecular complexity index is 427. The van der Waals surface area contributed by atoms with Gasteiger partial charge < -0.3 is 5.73 Å². The Morgan fingerprint density at radius 3 is 2.93 bits per heavy atom. The van der Waals surface area contributed by atoms with E-state index in [1.165, 1.54) is 8.96 Å². The zero-order valence-electron chi connectivity index (χ0n) is 7.48. The van der Waals surface area contributed by atoms with Gasteiger partial charge in [0.25, 0.3) is 0 Å². The van der Waals surface area contributed by atoms with Crippen molar-refractivity contribution in [1.82, 2.24) is 9.78 Å². The molecule has 0 saturated heterocycles. The van der Waals surface area contributed by atoms with Gasteiger partial charge in [-0.3, -0.25) is 4.68 Å². The molecule has 0 fully saturated rings. The molecular weight excluding hydrogens is 312 g/mol. The summed E-state index contributed by atoms with van der Waals surface area (Å²) in [5.74, 6) is 0. The minimum Gasteiger partial charge on any atom is -0.329 e. The number of halogens is 2. The molecule has 1 aromatic heterocycles. The van der Waals surface area contributed by atoms with Crippen LogP contribution in [0.1, 0.15) is 0 Å². The van der Waals surface area contributed by atoms with Crippen molar-refractivity contribution >= 4 is 45.9 Å². The Labute approximate surface area is 102 Å². The summed E-state index contributed by atoms with van der Waals surface area (Å²) in [6.45, 7) is 1.41. The lowest BCUT2D eigenvalue weighted by atomic mass is 10.2. The fourth-order valence-corrected chi connectivity index (χ4v) is 1.87. The number of nitrogens with zero attached hydrogens (tertiary/aromatic N) is 2. The van der Waals surface area contributed by atoms with Crippen molar-refractivity contribution in [3.63, 3.8) is 0 Å². The largest absolute Gasteiger partial charge is 0.329 e. The molecule has 5 heteroatoms. The van der Waals surface area contributed by atoms with Gasteiger partial charge in [-0.15, -0.1) is 12.4 Å². The lowest BCUT2D eigenvalue weighted by molar-refractivity contribution is 0.646. The average molecular weight is 324 g/mol. The van der Waals surface area contributed by atoms with Crippen LogP contribution in [0.4, 0.5) is 0 Å². The molecule has 1 heterocycles. The topological polar surface area (TPSA) is 43.8 Å². The predicted octanol–water partition coefficient (Wildman–Crippen LogP) is 2.02. The van der Waals surface area contributed by atoms with Crippen molar-refractivity contribution in [1.29, 1.82) is 0 Å². The second-order valence-corrected chi connectivity index (χ2v) is 4.11. The zero-order chi connectivity index (χ0) is 9.26. The summed E-state index contributed by atoms with van der Waals surface area (Å²) in [6.07, 6.45) is 1.88. The third kappa shape index (κ3) is 2.18. The van der Waals surface area contributed by atoms with Crippen LogP contribution in [0.2, 0.25) is 0 Å². The maximum absolute atomic E-state index is 5.48. The normalized spacial score (nSPS) is 10.1. The molecule has 2 aromatic rings. The van der Waals surface area contributed by atoms with Crippen LogP contribution >= 0.6 is 35.0 Å². The highest BCUT2D eigenvalue weighted by Crippen LogP contribution is 2.16. The highest BCUT2D eigenvalue weighted by molar-refractivity contribution is 14.1. The summed E-state index contributed by atoms with van der Waals surface area (Å²) >= 11 is 2.30. The Balaban J connectivity index is 0.000000980. The van der Waals surface area contributed by atoms with Gasteiger partial charge >= 0.3 is 0 Å². The van der Waals surface area contributed by atoms with E-state index in [0.717, 1.165) is 12.1 Å². The Morgan fingerprint density at radius 1 is 1.43 bits per heavy atom. The number of hydrogen-bond acceptors (Lipinski definition) is 2. The third-order valence-electron chi connectivity index (χ3n) is 1.94. The fraction of sp³-hybridized carbons (Fsp3) is 0.222. The van der Waals surface area contributed by atoms with Crippen LogP contribution in [0.15, 0.2) is 24.4 Å². The van der Waals surface area contributed by atoms with Gasteiger partial charge in [-0.25, -0.2) is 0 Å². The second-order valence-electron chi connectivity index (χ2n) is 2.86. The molecule has 0 amide bonds. The number of benzene rings is 1. The van der Waals surface area contributed by atoms with Crippen molar-refractivity contribution in [2.24, 2.45) is 5.73 Å². The van der Waals surface area contributed by atoms with E-state index in [0.29, 0.717) is 6.54 Å². The Kier molecular flexibility index (Phi) is 4.15. The number of aromatic nitrogens is 2. The average Bonchev–Trinajstić information content (AvgIpc) is 2.49. The molecule has 0 aliphatic heterocycles. The van der Waals surface area contributed by atoms with Gasteiger partial charge in [0, 0.05) is 15.5 Å². The van der Waals surface area contributed by atoms with Crippen LogP contribution < -0.4 is 5.73 Å². The molecule has 1 aromatic carbocycles. The van der Waals surface area contributed by atoms with E-state index < -0.39 is 0 Å². The molecule has 0 aliphatic rings. The van der Waals surface area contributed by atoms with E-state index in [1.807, 2.05) is 10.9 Å². The Morgan fingerprint density at radius 2 is 2.21 bits per heavy atom. The first-order valence-corrected chi connectivity index (χ1v) is 5.20. The SMILES string of the molecule is Cl.NCCn1ncc2cc(I)ccc21. The lowest BCUT2D eigenvalue weighted by Crippen LogP contribution is -2.10. The summed E-state index contributed by atoms with van der Waals surface area (Å²) in [5, 5.41) is 5.44. The van der Waals surface area contributed by atoms with Crippen LogP contribution in [0, 0.1) is 3.57 Å². The minimum absolute atomic E-state index is 0. The monoisotopic (exact) mass is 323 g/mol. The van der Waals surface area contributed by atoms with Gasteiger partial charge in [0.15, 0.2) is 0 Å². The van der Waals surface area contributed by atoms with Crippen LogP contribution in [-0.4, -0.2) is 16.3 Å². The minimum atomic E-state index is 0. The third-order valence-corrected chi connectivity index (χ3v) is 2.62. The van der Waals surface area contributed by atoms with Crippen molar-refractivity contribution in [2.45, 2.75) is 6.54 Å². The summed E-state index contributed by atoms with van der Waals surface area (Å²) in [5.41, 5.74) is 6.64. The molecule has 0 radical (unpaired) electrons. The molecule has 14 heavy (non-hydrogen) atoms. The van der Waals surface area contributed by atoms with Crippen LogP contribution in [0.5, 0.6) is 0 Å². The van der Waals surface area contributed by atoms with E-state index in [9.17, 15) is 0 Å². The molecule has 3 nitrogen and oxygen atoms in total. The molecule has 0 unspecified atom stereocenters. The van der Waals surface area contributed by atoms with Gasteiger partial charge in [0.05, 0.1) is 18.3 Å². The molecule has 0 spiro atoms. The van der Waals surface area contributed by atoms with Crippen LogP contribution in [0.3, 0.4) is 0 Å². The molecule has 2 N–H and O–H groups in total. The van der Waals surface area contributed by atoms with Crippen molar-refractivity contribution in [3.05, 3.63) is 28.0 Å². The van der Waals surface area contributed by atoms with Crippen molar-refractivity contribution in [2.75, 3.05) is 6.54 Å². The van der Waals surface area contributed by atoms with Gasteiger partial charge in [-0.2, -0.15) is 5.10 Å². The van der Waals surface area contributed by atoms with Gasteiger partial charge in [0.1, 0.15) is 0 Å². The molecule has 0 saturated carbocycles. The smallest absolute Gasteiger partial charge is 0.0683 e. The number of hydrogen-bond donors (Lipinski definition) is 1. The van der Waals surface area contributed by atoms with Gasteiger partial charge in [-0.1, -0.05) is 0 Å². The molecule has 0 bridgehead atoms. The van der Waals surface area contributed by atoms with E-state index in [1.54, 1.807) is 0 Å². The summed E-state index contributed by atoms with van der Waals surface area (Å²) in [6, 6.07) is 6.28. The maximum Gasteiger partial charge on any atom is 0.0683 e. The summed E-state index contributed by atoms with van der Waals surface area (Å²) in [4.78, 5) is 0. The second kappa shape index (κ2) is 4.95. The summed E-state index contributed by atoms with van der Waals surface area (Å²) in [7, 11) is 0. The molecule has 0 aliphatic carbocycles. The molecule has 76 valence electrons. The van der Waals surface area contributed by atoms with Crippen molar-refractivity contribution in [3.8, 4) is 0 Å². The number of fused-ring (bicyclic) bond motifs is 1. The van der Waals surface area contributed by atoms with Crippen molar-refractivity contribution < 1.29 is 0 Å². The number of rotatable bonds is 2. The number of nitrogens with two attached hydrogens (primary N) is 1. The first kappa shape index (κ1) is 11.7. The molecule has 2 rings (SSSR count). The van der Waals surface area contributed by atoms with E-state index in [4.69, 9.17) is 5.73 Å². The van der Waals surface area contributed by atoms with Crippen LogP contribution in [-0.2, 0) is 6.54 Å². The standard InChI is InChI=1S/C9H10IN3.ClH/c10-8-1-2-9-7(5-8)6-12-13(9)4-3-11;/h1-2,5-6H,3-4,11H2;1H. The quantitative estimate of drug-likeness (QED) is 0.859. The summed E-state index contributed by atoms with van der Waals surface area (Å²) < 4.78 is 3.17.